The number of benzene rings is 3. The summed E-state index contributed by atoms with van der Waals surface area (Å²) in [6, 6.07) is 23.3. The van der Waals surface area contributed by atoms with Crippen LogP contribution in [0.1, 0.15) is 0 Å². The second-order valence-electron chi connectivity index (χ2n) is 6.41. The Morgan fingerprint density at radius 2 is 1.67 bits per heavy atom. The summed E-state index contributed by atoms with van der Waals surface area (Å²) in [7, 11) is 0. The van der Waals surface area contributed by atoms with Gasteiger partial charge in [-0.15, -0.1) is 22.7 Å². The fourth-order valence-electron chi connectivity index (χ4n) is 3.50. The van der Waals surface area contributed by atoms with Crippen LogP contribution in [0.3, 0.4) is 0 Å². The molecule has 0 aliphatic carbocycles. The lowest BCUT2D eigenvalue weighted by molar-refractivity contribution is 1.23. The van der Waals surface area contributed by atoms with E-state index in [-0.39, 0.29) is 0 Å². The number of rotatable bonds is 2. The van der Waals surface area contributed by atoms with Crippen LogP contribution < -0.4 is 0 Å². The molecule has 0 fully saturated rings. The van der Waals surface area contributed by atoms with E-state index in [1.807, 2.05) is 6.07 Å². The van der Waals surface area contributed by atoms with E-state index in [0.717, 1.165) is 32.4 Å². The monoisotopic (exact) mass is 383 g/mol. The van der Waals surface area contributed by atoms with Crippen molar-refractivity contribution in [3.63, 3.8) is 0 Å². The Bertz CT molecular complexity index is 1410. The smallest absolute Gasteiger partial charge is 0.194 e. The zero-order valence-electron chi connectivity index (χ0n) is 14.2. The van der Waals surface area contributed by atoms with Gasteiger partial charge in [0.25, 0.3) is 0 Å². The van der Waals surface area contributed by atoms with Gasteiger partial charge in [0.1, 0.15) is 16.4 Å². The molecule has 3 heterocycles. The molecule has 0 aliphatic heterocycles. The second kappa shape index (κ2) is 5.74. The predicted octanol–water partition coefficient (Wildman–Crippen LogP) is 6.49. The van der Waals surface area contributed by atoms with E-state index in [2.05, 4.69) is 76.6 Å². The number of imidazole rings is 1. The maximum Gasteiger partial charge on any atom is 0.194 e. The highest BCUT2D eigenvalue weighted by molar-refractivity contribution is 7.21. The van der Waals surface area contributed by atoms with Crippen LogP contribution >= 0.6 is 22.7 Å². The zero-order valence-corrected chi connectivity index (χ0v) is 15.8. The van der Waals surface area contributed by atoms with Crippen molar-refractivity contribution in [2.45, 2.75) is 0 Å². The summed E-state index contributed by atoms with van der Waals surface area (Å²) in [5, 5.41) is 5.54. The van der Waals surface area contributed by atoms with Gasteiger partial charge < -0.3 is 0 Å². The van der Waals surface area contributed by atoms with E-state index in [9.17, 15) is 0 Å². The zero-order chi connectivity index (χ0) is 17.8. The molecule has 3 aromatic heterocycles. The van der Waals surface area contributed by atoms with Crippen LogP contribution in [0.2, 0.25) is 0 Å². The molecule has 0 amide bonds. The highest BCUT2D eigenvalue weighted by Gasteiger charge is 2.20. The molecule has 6 aromatic rings. The molecule has 0 N–H and O–H groups in total. The van der Waals surface area contributed by atoms with Gasteiger partial charge in [-0.05, 0) is 29.0 Å². The topological polar surface area (TPSA) is 30.2 Å². The molecule has 0 spiro atoms. The first-order valence-corrected chi connectivity index (χ1v) is 10.4. The summed E-state index contributed by atoms with van der Waals surface area (Å²) in [5.74, 6) is 0. The Morgan fingerprint density at radius 1 is 0.815 bits per heavy atom. The SMILES string of the molecule is c1ccc2cc(-c3nc4sccn4c3-c3nc4ccccc4s3)ccc2c1. The fourth-order valence-corrected chi connectivity index (χ4v) is 5.22. The van der Waals surface area contributed by atoms with Crippen molar-refractivity contribution >= 4 is 48.6 Å². The van der Waals surface area contributed by atoms with Gasteiger partial charge >= 0.3 is 0 Å². The number of hydrogen-bond donors (Lipinski definition) is 0. The van der Waals surface area contributed by atoms with Crippen molar-refractivity contribution in [2.75, 3.05) is 0 Å². The highest BCUT2D eigenvalue weighted by Crippen LogP contribution is 2.38. The molecule has 0 atom stereocenters. The van der Waals surface area contributed by atoms with Crippen molar-refractivity contribution in [3.8, 4) is 22.0 Å². The third kappa shape index (κ3) is 2.32. The van der Waals surface area contributed by atoms with Gasteiger partial charge in [0.05, 0.1) is 10.2 Å². The molecule has 0 unspecified atom stereocenters. The number of nitrogens with zero attached hydrogens (tertiary/aromatic N) is 3. The van der Waals surface area contributed by atoms with Gasteiger partial charge in [-0.25, -0.2) is 9.97 Å². The molecule has 0 aliphatic rings. The van der Waals surface area contributed by atoms with Gasteiger partial charge in [0.2, 0.25) is 0 Å². The quantitative estimate of drug-likeness (QED) is 0.342. The number of aromatic nitrogens is 3. The largest absolute Gasteiger partial charge is 0.287 e. The summed E-state index contributed by atoms with van der Waals surface area (Å²) < 4.78 is 3.36. The summed E-state index contributed by atoms with van der Waals surface area (Å²) in [4.78, 5) is 10.8. The molecular formula is C22H13N3S2. The first kappa shape index (κ1) is 15.1. The number of hydrogen-bond acceptors (Lipinski definition) is 4. The minimum Gasteiger partial charge on any atom is -0.287 e. The van der Waals surface area contributed by atoms with E-state index in [1.54, 1.807) is 22.7 Å². The molecule has 0 saturated carbocycles. The Hall–Kier alpha value is -3.02. The molecule has 3 aromatic carbocycles. The lowest BCUT2D eigenvalue weighted by Crippen LogP contribution is -1.87. The van der Waals surface area contributed by atoms with Gasteiger partial charge in [0.15, 0.2) is 4.96 Å². The average Bonchev–Trinajstić information content (AvgIpc) is 3.40. The number of fused-ring (bicyclic) bond motifs is 3. The predicted molar refractivity (Wildman–Crippen MR) is 115 cm³/mol. The fraction of sp³-hybridized carbons (Fsp3) is 0. The maximum absolute atomic E-state index is 4.94. The minimum atomic E-state index is 0.992. The molecule has 5 heteroatoms. The summed E-state index contributed by atoms with van der Waals surface area (Å²) in [6.07, 6.45) is 2.08. The van der Waals surface area contributed by atoms with Crippen molar-refractivity contribution in [3.05, 3.63) is 78.3 Å². The molecule has 128 valence electrons. The van der Waals surface area contributed by atoms with Gasteiger partial charge in [-0.2, -0.15) is 0 Å². The Kier molecular flexibility index (Phi) is 3.21. The first-order chi connectivity index (χ1) is 13.4. The van der Waals surface area contributed by atoms with Crippen molar-refractivity contribution in [1.29, 1.82) is 0 Å². The molecule has 0 saturated heterocycles. The molecule has 0 bridgehead atoms. The van der Waals surface area contributed by atoms with E-state index in [4.69, 9.17) is 9.97 Å². The third-order valence-electron chi connectivity index (χ3n) is 4.78. The summed E-state index contributed by atoms with van der Waals surface area (Å²) in [6.45, 7) is 0. The van der Waals surface area contributed by atoms with E-state index in [0.29, 0.717) is 0 Å². The van der Waals surface area contributed by atoms with Crippen LogP contribution in [0.5, 0.6) is 0 Å². The highest BCUT2D eigenvalue weighted by atomic mass is 32.1. The first-order valence-electron chi connectivity index (χ1n) is 8.67. The van der Waals surface area contributed by atoms with Crippen molar-refractivity contribution < 1.29 is 0 Å². The van der Waals surface area contributed by atoms with E-state index in [1.165, 1.54) is 15.5 Å². The molecular weight excluding hydrogens is 370 g/mol. The minimum absolute atomic E-state index is 0.992. The van der Waals surface area contributed by atoms with E-state index >= 15 is 0 Å². The second-order valence-corrected chi connectivity index (χ2v) is 8.32. The third-order valence-corrected chi connectivity index (χ3v) is 6.58. The molecule has 0 radical (unpaired) electrons. The van der Waals surface area contributed by atoms with Gasteiger partial charge in [-0.1, -0.05) is 48.5 Å². The van der Waals surface area contributed by atoms with Crippen LogP contribution in [-0.2, 0) is 0 Å². The number of thiazole rings is 2. The standard InChI is InChI=1S/C22H13N3S2/c1-2-6-15-13-16(10-9-14(15)5-1)19-20(25-11-12-26-22(25)24-19)21-23-17-7-3-4-8-18(17)27-21/h1-13H. The molecule has 27 heavy (non-hydrogen) atoms. The number of para-hydroxylation sites is 1. The normalized spacial score (nSPS) is 11.7. The van der Waals surface area contributed by atoms with E-state index < -0.39 is 0 Å². The lowest BCUT2D eigenvalue weighted by Gasteiger charge is -2.04. The Balaban J connectivity index is 1.64. The summed E-state index contributed by atoms with van der Waals surface area (Å²) in [5.41, 5.74) is 4.22. The lowest BCUT2D eigenvalue weighted by atomic mass is 10.0. The Labute approximate surface area is 163 Å². The van der Waals surface area contributed by atoms with Gasteiger partial charge in [-0.3, -0.25) is 4.40 Å². The van der Waals surface area contributed by atoms with Crippen LogP contribution in [0.25, 0.3) is 47.9 Å². The van der Waals surface area contributed by atoms with Crippen LogP contribution in [0, 0.1) is 0 Å². The van der Waals surface area contributed by atoms with Crippen LogP contribution in [0.15, 0.2) is 78.3 Å². The van der Waals surface area contributed by atoms with Crippen LogP contribution in [0.4, 0.5) is 0 Å². The molecule has 3 nitrogen and oxygen atoms in total. The van der Waals surface area contributed by atoms with Crippen molar-refractivity contribution in [2.24, 2.45) is 0 Å². The Morgan fingerprint density at radius 3 is 2.59 bits per heavy atom. The van der Waals surface area contributed by atoms with Gasteiger partial charge in [0, 0.05) is 17.1 Å². The molecule has 6 rings (SSSR count). The maximum atomic E-state index is 4.94. The van der Waals surface area contributed by atoms with Crippen molar-refractivity contribution in [1.82, 2.24) is 14.4 Å². The van der Waals surface area contributed by atoms with Crippen LogP contribution in [-0.4, -0.2) is 14.4 Å². The average molecular weight is 384 g/mol. The summed E-state index contributed by atoms with van der Waals surface area (Å²) >= 11 is 3.37.